The summed E-state index contributed by atoms with van der Waals surface area (Å²) in [5.41, 5.74) is 4.76. The minimum atomic E-state index is -4.91. The van der Waals surface area contributed by atoms with Gasteiger partial charge in [0.1, 0.15) is 6.07 Å². The Morgan fingerprint density at radius 1 is 1.44 bits per heavy atom. The normalized spacial score (nSPS) is 10.7. The topological polar surface area (TPSA) is 81.2 Å². The minimum Gasteiger partial charge on any atom is -0.493 e. The SMILES string of the molecule is COc1cc(OC(F)(F)F)c(C#N)nc1N. The molecule has 8 heteroatoms. The van der Waals surface area contributed by atoms with E-state index in [2.05, 4.69) is 14.5 Å². The van der Waals surface area contributed by atoms with E-state index in [1.807, 2.05) is 0 Å². The van der Waals surface area contributed by atoms with Crippen molar-refractivity contribution >= 4 is 5.82 Å². The third kappa shape index (κ3) is 2.66. The van der Waals surface area contributed by atoms with Crippen LogP contribution in [0.15, 0.2) is 6.07 Å². The second-order valence-corrected chi connectivity index (χ2v) is 2.58. The molecule has 1 aromatic rings. The highest BCUT2D eigenvalue weighted by Crippen LogP contribution is 2.31. The van der Waals surface area contributed by atoms with Crippen molar-refractivity contribution in [1.82, 2.24) is 4.98 Å². The molecule has 1 rings (SSSR count). The van der Waals surface area contributed by atoms with E-state index >= 15 is 0 Å². The van der Waals surface area contributed by atoms with Crippen LogP contribution in [0.5, 0.6) is 11.5 Å². The number of nitrogen functional groups attached to an aromatic ring is 1. The summed E-state index contributed by atoms with van der Waals surface area (Å²) in [5, 5.41) is 8.55. The number of nitrogens with zero attached hydrogens (tertiary/aromatic N) is 2. The highest BCUT2D eigenvalue weighted by Gasteiger charge is 2.33. The Balaban J connectivity index is 3.21. The number of alkyl halides is 3. The van der Waals surface area contributed by atoms with Crippen molar-refractivity contribution in [2.75, 3.05) is 12.8 Å². The fourth-order valence-electron chi connectivity index (χ4n) is 0.938. The first-order valence-electron chi connectivity index (χ1n) is 3.87. The summed E-state index contributed by atoms with van der Waals surface area (Å²) in [6.45, 7) is 0. The maximum Gasteiger partial charge on any atom is 0.573 e. The Morgan fingerprint density at radius 2 is 2.06 bits per heavy atom. The average Bonchev–Trinajstić information content (AvgIpc) is 2.18. The van der Waals surface area contributed by atoms with Gasteiger partial charge in [0.05, 0.1) is 7.11 Å². The molecule has 0 radical (unpaired) electrons. The van der Waals surface area contributed by atoms with E-state index in [0.29, 0.717) is 0 Å². The monoisotopic (exact) mass is 233 g/mol. The quantitative estimate of drug-likeness (QED) is 0.835. The first kappa shape index (κ1) is 11.9. The van der Waals surface area contributed by atoms with Gasteiger partial charge in [-0.25, -0.2) is 4.98 Å². The predicted octanol–water partition coefficient (Wildman–Crippen LogP) is 1.44. The number of pyridine rings is 1. The van der Waals surface area contributed by atoms with Crippen molar-refractivity contribution in [3.63, 3.8) is 0 Å². The number of rotatable bonds is 2. The molecular formula is C8H6F3N3O2. The van der Waals surface area contributed by atoms with Gasteiger partial charge in [-0.3, -0.25) is 0 Å². The molecule has 0 atom stereocenters. The van der Waals surface area contributed by atoms with Crippen molar-refractivity contribution in [2.45, 2.75) is 6.36 Å². The number of nitriles is 1. The molecule has 5 nitrogen and oxygen atoms in total. The summed E-state index contributed by atoms with van der Waals surface area (Å²) in [4.78, 5) is 3.41. The Morgan fingerprint density at radius 3 is 2.50 bits per heavy atom. The van der Waals surface area contributed by atoms with E-state index in [-0.39, 0.29) is 11.6 Å². The number of methoxy groups -OCH3 is 1. The van der Waals surface area contributed by atoms with Crippen LogP contribution in [0.25, 0.3) is 0 Å². The molecule has 1 aromatic heterocycles. The lowest BCUT2D eigenvalue weighted by Crippen LogP contribution is -2.18. The zero-order chi connectivity index (χ0) is 12.3. The van der Waals surface area contributed by atoms with Crippen molar-refractivity contribution < 1.29 is 22.6 Å². The van der Waals surface area contributed by atoms with Gasteiger partial charge in [0.25, 0.3) is 0 Å². The second kappa shape index (κ2) is 4.14. The van der Waals surface area contributed by atoms with E-state index in [1.165, 1.54) is 13.2 Å². The second-order valence-electron chi connectivity index (χ2n) is 2.58. The minimum absolute atomic E-state index is 0.0988. The van der Waals surface area contributed by atoms with Crippen LogP contribution in [0.1, 0.15) is 5.69 Å². The Hall–Kier alpha value is -2.17. The van der Waals surface area contributed by atoms with Gasteiger partial charge in [-0.2, -0.15) is 5.26 Å². The molecule has 0 aliphatic rings. The van der Waals surface area contributed by atoms with Crippen LogP contribution in [0.2, 0.25) is 0 Å². The van der Waals surface area contributed by atoms with Gasteiger partial charge in [-0.05, 0) is 0 Å². The van der Waals surface area contributed by atoms with Crippen LogP contribution in [-0.2, 0) is 0 Å². The van der Waals surface area contributed by atoms with Gasteiger partial charge in [0.15, 0.2) is 23.0 Å². The standard InChI is InChI=1S/C8H6F3N3O2/c1-15-6-2-5(16-8(9,10)11)4(3-12)14-7(6)13/h2H,1H3,(H2,13,14). The molecule has 2 N–H and O–H groups in total. The third-order valence-corrected chi connectivity index (χ3v) is 1.53. The van der Waals surface area contributed by atoms with Crippen LogP contribution in [0, 0.1) is 11.3 Å². The summed E-state index contributed by atoms with van der Waals surface area (Å²) >= 11 is 0. The van der Waals surface area contributed by atoms with Crippen molar-refractivity contribution in [1.29, 1.82) is 5.26 Å². The summed E-state index contributed by atoms with van der Waals surface area (Å²) in [6, 6.07) is 2.29. The molecule has 0 aliphatic heterocycles. The maximum absolute atomic E-state index is 12.0. The molecule has 0 aromatic carbocycles. The molecule has 16 heavy (non-hydrogen) atoms. The largest absolute Gasteiger partial charge is 0.573 e. The maximum atomic E-state index is 12.0. The Labute approximate surface area is 88.2 Å². The number of ether oxygens (including phenoxy) is 2. The van der Waals surface area contributed by atoms with Crippen LogP contribution in [-0.4, -0.2) is 18.5 Å². The zero-order valence-electron chi connectivity index (χ0n) is 8.00. The predicted molar refractivity (Wildman–Crippen MR) is 46.6 cm³/mol. The van der Waals surface area contributed by atoms with Gasteiger partial charge >= 0.3 is 6.36 Å². The van der Waals surface area contributed by atoms with Crippen LogP contribution in [0.4, 0.5) is 19.0 Å². The first-order valence-corrected chi connectivity index (χ1v) is 3.87. The molecule has 0 amide bonds. The summed E-state index contributed by atoms with van der Waals surface area (Å²) in [5.74, 6) is -1.03. The van der Waals surface area contributed by atoms with Gasteiger partial charge in [0, 0.05) is 6.07 Å². The summed E-state index contributed by atoms with van der Waals surface area (Å²) in [7, 11) is 1.21. The van der Waals surface area contributed by atoms with Crippen molar-refractivity contribution in [2.24, 2.45) is 0 Å². The lowest BCUT2D eigenvalue weighted by atomic mass is 10.3. The fourth-order valence-corrected chi connectivity index (χ4v) is 0.938. The third-order valence-electron chi connectivity index (χ3n) is 1.53. The van der Waals surface area contributed by atoms with E-state index in [0.717, 1.165) is 6.07 Å². The highest BCUT2D eigenvalue weighted by molar-refractivity contribution is 5.54. The average molecular weight is 233 g/mol. The van der Waals surface area contributed by atoms with Gasteiger partial charge < -0.3 is 15.2 Å². The fraction of sp³-hybridized carbons (Fsp3) is 0.250. The van der Waals surface area contributed by atoms with E-state index < -0.39 is 17.8 Å². The summed E-state index contributed by atoms with van der Waals surface area (Å²) < 4.78 is 44.1. The number of hydrogen-bond donors (Lipinski definition) is 1. The van der Waals surface area contributed by atoms with E-state index in [1.54, 1.807) is 0 Å². The number of halogens is 3. The molecule has 0 fully saturated rings. The van der Waals surface area contributed by atoms with Gasteiger partial charge in [-0.1, -0.05) is 0 Å². The zero-order valence-corrected chi connectivity index (χ0v) is 8.00. The van der Waals surface area contributed by atoms with Crippen LogP contribution < -0.4 is 15.2 Å². The molecule has 0 saturated carbocycles. The van der Waals surface area contributed by atoms with Crippen molar-refractivity contribution in [3.05, 3.63) is 11.8 Å². The van der Waals surface area contributed by atoms with Gasteiger partial charge in [-0.15, -0.1) is 13.2 Å². The highest BCUT2D eigenvalue weighted by atomic mass is 19.4. The smallest absolute Gasteiger partial charge is 0.493 e. The Bertz CT molecular complexity index is 439. The number of nitrogens with two attached hydrogens (primary N) is 1. The van der Waals surface area contributed by atoms with Crippen LogP contribution >= 0.6 is 0 Å². The molecular weight excluding hydrogens is 227 g/mol. The lowest BCUT2D eigenvalue weighted by Gasteiger charge is -2.11. The van der Waals surface area contributed by atoms with Gasteiger partial charge in [0.2, 0.25) is 0 Å². The number of aromatic nitrogens is 1. The van der Waals surface area contributed by atoms with Crippen molar-refractivity contribution in [3.8, 4) is 17.6 Å². The molecule has 0 saturated heterocycles. The molecule has 0 unspecified atom stereocenters. The molecule has 1 heterocycles. The van der Waals surface area contributed by atoms with E-state index in [4.69, 9.17) is 11.0 Å². The summed E-state index contributed by atoms with van der Waals surface area (Å²) in [6.07, 6.45) is -4.91. The molecule has 0 bridgehead atoms. The van der Waals surface area contributed by atoms with Crippen LogP contribution in [0.3, 0.4) is 0 Å². The number of hydrogen-bond acceptors (Lipinski definition) is 5. The molecule has 0 spiro atoms. The lowest BCUT2D eigenvalue weighted by molar-refractivity contribution is -0.274. The molecule has 86 valence electrons. The molecule has 0 aliphatic carbocycles. The van der Waals surface area contributed by atoms with E-state index in [9.17, 15) is 13.2 Å². The Kier molecular flexibility index (Phi) is 3.08. The first-order chi connectivity index (χ1) is 7.37. The number of anilines is 1.